The number of hydrogen-bond acceptors (Lipinski definition) is 7. The Morgan fingerprint density at radius 3 is 2.85 bits per heavy atom. The van der Waals surface area contributed by atoms with Crippen molar-refractivity contribution in [3.63, 3.8) is 0 Å². The van der Waals surface area contributed by atoms with Crippen molar-refractivity contribution < 1.29 is 28.5 Å². The molecule has 8 nitrogen and oxygen atoms in total. The van der Waals surface area contributed by atoms with Crippen LogP contribution in [-0.2, 0) is 9.47 Å². The van der Waals surface area contributed by atoms with E-state index in [1.807, 2.05) is 6.92 Å². The van der Waals surface area contributed by atoms with Crippen molar-refractivity contribution in [3.8, 4) is 17.2 Å². The topological polar surface area (TPSA) is 96.1 Å². The van der Waals surface area contributed by atoms with Crippen LogP contribution in [0.15, 0.2) is 17.1 Å². The van der Waals surface area contributed by atoms with Crippen molar-refractivity contribution >= 4 is 16.9 Å². The van der Waals surface area contributed by atoms with E-state index in [-0.39, 0.29) is 36.0 Å². The van der Waals surface area contributed by atoms with Crippen LogP contribution < -0.4 is 19.6 Å². The molecular formula is C18H21NO7. The molecule has 3 rings (SSSR count). The number of carbonyl (C=O) groups is 1. The van der Waals surface area contributed by atoms with Gasteiger partial charge in [-0.05, 0) is 13.8 Å². The molecule has 0 saturated heterocycles. The van der Waals surface area contributed by atoms with Crippen LogP contribution in [0.4, 0.5) is 0 Å². The number of ether oxygens (including phenoxy) is 5. The molecule has 26 heavy (non-hydrogen) atoms. The Kier molecular flexibility index (Phi) is 5.32. The van der Waals surface area contributed by atoms with E-state index in [0.29, 0.717) is 30.2 Å². The molecule has 0 saturated carbocycles. The summed E-state index contributed by atoms with van der Waals surface area (Å²) in [6.45, 7) is 5.00. The first-order valence-electron chi connectivity index (χ1n) is 8.41. The van der Waals surface area contributed by atoms with Gasteiger partial charge in [0.15, 0.2) is 17.6 Å². The maximum absolute atomic E-state index is 12.8. The summed E-state index contributed by atoms with van der Waals surface area (Å²) < 4.78 is 27.4. The zero-order chi connectivity index (χ0) is 18.7. The molecule has 140 valence electrons. The van der Waals surface area contributed by atoms with Crippen molar-refractivity contribution in [1.82, 2.24) is 4.98 Å². The van der Waals surface area contributed by atoms with E-state index in [0.717, 1.165) is 0 Å². The van der Waals surface area contributed by atoms with Gasteiger partial charge in [-0.15, -0.1) is 0 Å². The minimum Gasteiger partial charge on any atom is -0.492 e. The second-order valence-corrected chi connectivity index (χ2v) is 5.62. The highest BCUT2D eigenvalue weighted by atomic mass is 16.6. The highest BCUT2D eigenvalue weighted by molar-refractivity contribution is 5.97. The Labute approximate surface area is 150 Å². The van der Waals surface area contributed by atoms with Crippen LogP contribution in [0.1, 0.15) is 24.2 Å². The second-order valence-electron chi connectivity index (χ2n) is 5.62. The van der Waals surface area contributed by atoms with E-state index in [1.165, 1.54) is 13.3 Å². The average Bonchev–Trinajstić information content (AvgIpc) is 2.64. The van der Waals surface area contributed by atoms with Crippen LogP contribution in [0.25, 0.3) is 10.9 Å². The highest BCUT2D eigenvalue weighted by Crippen LogP contribution is 2.44. The number of nitrogens with one attached hydrogen (secondary N) is 1. The minimum atomic E-state index is -0.690. The summed E-state index contributed by atoms with van der Waals surface area (Å²) in [6, 6.07) is 1.65. The van der Waals surface area contributed by atoms with Gasteiger partial charge in [-0.1, -0.05) is 0 Å². The van der Waals surface area contributed by atoms with Crippen LogP contribution >= 0.6 is 0 Å². The fourth-order valence-electron chi connectivity index (χ4n) is 2.81. The molecule has 8 heteroatoms. The molecule has 0 bridgehead atoms. The van der Waals surface area contributed by atoms with Crippen molar-refractivity contribution in [1.29, 1.82) is 0 Å². The quantitative estimate of drug-likeness (QED) is 0.783. The first-order chi connectivity index (χ1) is 12.6. The summed E-state index contributed by atoms with van der Waals surface area (Å²) in [7, 11) is 1.43. The lowest BCUT2D eigenvalue weighted by atomic mass is 10.1. The number of aromatic nitrogens is 1. The van der Waals surface area contributed by atoms with E-state index in [1.54, 1.807) is 13.0 Å². The van der Waals surface area contributed by atoms with Gasteiger partial charge in [0.25, 0.3) is 0 Å². The van der Waals surface area contributed by atoms with Crippen molar-refractivity contribution in [2.45, 2.75) is 20.0 Å². The number of carbonyl (C=O) groups excluding carboxylic acids is 1. The van der Waals surface area contributed by atoms with Gasteiger partial charge in [-0.3, -0.25) is 4.79 Å². The van der Waals surface area contributed by atoms with Gasteiger partial charge < -0.3 is 28.7 Å². The van der Waals surface area contributed by atoms with Gasteiger partial charge in [0.05, 0.1) is 31.2 Å². The monoisotopic (exact) mass is 363 g/mol. The fourth-order valence-corrected chi connectivity index (χ4v) is 2.81. The molecule has 1 N–H and O–H groups in total. The number of benzene rings is 1. The number of rotatable bonds is 6. The Balaban J connectivity index is 2.09. The SMILES string of the molecule is CCOCC1COc2c(cc3[nH]cc(C(=O)OCC)c(=O)c3c2OC)O1. The minimum absolute atomic E-state index is 0.0939. The zero-order valence-electron chi connectivity index (χ0n) is 14.9. The summed E-state index contributed by atoms with van der Waals surface area (Å²) in [6.07, 6.45) is 1.07. The molecule has 2 heterocycles. The van der Waals surface area contributed by atoms with Crippen LogP contribution in [0, 0.1) is 0 Å². The van der Waals surface area contributed by atoms with Gasteiger partial charge in [-0.25, -0.2) is 4.79 Å². The van der Waals surface area contributed by atoms with Gasteiger partial charge in [-0.2, -0.15) is 0 Å². The first-order valence-corrected chi connectivity index (χ1v) is 8.41. The smallest absolute Gasteiger partial charge is 0.343 e. The molecule has 0 fully saturated rings. The molecule has 1 unspecified atom stereocenters. The van der Waals surface area contributed by atoms with Crippen molar-refractivity contribution in [3.05, 3.63) is 28.0 Å². The largest absolute Gasteiger partial charge is 0.492 e. The third kappa shape index (κ3) is 3.20. The van der Waals surface area contributed by atoms with E-state index < -0.39 is 11.4 Å². The van der Waals surface area contributed by atoms with Gasteiger partial charge >= 0.3 is 5.97 Å². The van der Waals surface area contributed by atoms with Crippen molar-refractivity contribution in [2.75, 3.05) is 33.5 Å². The number of esters is 1. The van der Waals surface area contributed by atoms with Crippen LogP contribution in [0.5, 0.6) is 17.2 Å². The highest BCUT2D eigenvalue weighted by Gasteiger charge is 2.28. The predicted molar refractivity (Wildman–Crippen MR) is 93.5 cm³/mol. The van der Waals surface area contributed by atoms with Crippen LogP contribution in [0.2, 0.25) is 0 Å². The maximum Gasteiger partial charge on any atom is 0.343 e. The van der Waals surface area contributed by atoms with E-state index >= 15 is 0 Å². The first kappa shape index (κ1) is 18.1. The number of fused-ring (bicyclic) bond motifs is 2. The van der Waals surface area contributed by atoms with E-state index in [2.05, 4.69) is 4.98 Å². The lowest BCUT2D eigenvalue weighted by Crippen LogP contribution is -2.33. The Hall–Kier alpha value is -2.74. The normalized spacial score (nSPS) is 15.7. The number of pyridine rings is 1. The number of H-pyrrole nitrogens is 1. The summed E-state index contributed by atoms with van der Waals surface area (Å²) in [5.74, 6) is 0.313. The Bertz CT molecular complexity index is 874. The molecule has 0 aliphatic carbocycles. The summed E-state index contributed by atoms with van der Waals surface area (Å²) in [5, 5.41) is 0.212. The van der Waals surface area contributed by atoms with Crippen LogP contribution in [-0.4, -0.2) is 50.6 Å². The summed E-state index contributed by atoms with van der Waals surface area (Å²) in [4.78, 5) is 27.7. The number of methoxy groups -OCH3 is 1. The third-order valence-corrected chi connectivity index (χ3v) is 3.96. The Morgan fingerprint density at radius 2 is 2.15 bits per heavy atom. The van der Waals surface area contributed by atoms with E-state index in [4.69, 9.17) is 23.7 Å². The van der Waals surface area contributed by atoms with Gasteiger partial charge in [0.1, 0.15) is 12.2 Å². The predicted octanol–water partition coefficient (Wildman–Crippen LogP) is 1.89. The fraction of sp³-hybridized carbons (Fsp3) is 0.444. The zero-order valence-corrected chi connectivity index (χ0v) is 14.9. The molecule has 1 aliphatic heterocycles. The summed E-state index contributed by atoms with van der Waals surface area (Å²) in [5.41, 5.74) is -0.111. The van der Waals surface area contributed by atoms with Gasteiger partial charge in [0, 0.05) is 18.9 Å². The van der Waals surface area contributed by atoms with E-state index in [9.17, 15) is 9.59 Å². The van der Waals surface area contributed by atoms with Gasteiger partial charge in [0.2, 0.25) is 11.2 Å². The molecule has 1 aliphatic rings. The lowest BCUT2D eigenvalue weighted by Gasteiger charge is -2.28. The average molecular weight is 363 g/mol. The summed E-state index contributed by atoms with van der Waals surface area (Å²) >= 11 is 0. The number of aromatic amines is 1. The van der Waals surface area contributed by atoms with Crippen molar-refractivity contribution in [2.24, 2.45) is 0 Å². The molecule has 1 atom stereocenters. The molecule has 2 aromatic rings. The molecule has 1 aromatic heterocycles. The lowest BCUT2D eigenvalue weighted by molar-refractivity contribution is 0.0118. The molecule has 0 amide bonds. The molecule has 1 aromatic carbocycles. The number of hydrogen-bond donors (Lipinski definition) is 1. The molecule has 0 radical (unpaired) electrons. The van der Waals surface area contributed by atoms with Crippen LogP contribution in [0.3, 0.4) is 0 Å². The second kappa shape index (κ2) is 7.65. The third-order valence-electron chi connectivity index (χ3n) is 3.96. The maximum atomic E-state index is 12.8. The molecule has 0 spiro atoms. The molecular weight excluding hydrogens is 342 g/mol. The standard InChI is InChI=1S/C18H21NO7/c1-4-23-8-10-9-25-16-13(26-10)6-12-14(17(16)22-3)15(20)11(7-19-12)18(21)24-5-2/h6-7,10H,4-5,8-9H2,1-3H3,(H,19,20). The Morgan fingerprint density at radius 1 is 1.35 bits per heavy atom.